The van der Waals surface area contributed by atoms with Crippen molar-refractivity contribution in [1.82, 2.24) is 0 Å². The summed E-state index contributed by atoms with van der Waals surface area (Å²) in [4.78, 5) is 13.1. The Morgan fingerprint density at radius 1 is 0.833 bits per heavy atom. The molecule has 0 atom stereocenters. The van der Waals surface area contributed by atoms with Gasteiger partial charge >= 0.3 is 0 Å². The summed E-state index contributed by atoms with van der Waals surface area (Å²) < 4.78 is 11.7. The van der Waals surface area contributed by atoms with Crippen LogP contribution in [0.2, 0.25) is 0 Å². The molecular formula is C27H36O3. The number of ether oxygens (including phenoxy) is 2. The minimum atomic E-state index is -0.264. The van der Waals surface area contributed by atoms with Crippen LogP contribution in [0.5, 0.6) is 11.5 Å². The maximum atomic E-state index is 13.1. The molecular weight excluding hydrogens is 372 g/mol. The van der Waals surface area contributed by atoms with E-state index in [1.165, 1.54) is 5.56 Å². The van der Waals surface area contributed by atoms with E-state index in [-0.39, 0.29) is 21.7 Å². The average Bonchev–Trinajstić information content (AvgIpc) is 2.86. The molecule has 0 radical (unpaired) electrons. The van der Waals surface area contributed by atoms with E-state index in [0.717, 1.165) is 39.3 Å². The predicted molar refractivity (Wildman–Crippen MR) is 125 cm³/mol. The molecule has 3 nitrogen and oxygen atoms in total. The fourth-order valence-electron chi connectivity index (χ4n) is 5.12. The van der Waals surface area contributed by atoms with Crippen molar-refractivity contribution in [2.75, 3.05) is 14.2 Å². The van der Waals surface area contributed by atoms with Crippen LogP contribution in [0.15, 0.2) is 29.1 Å². The molecule has 162 valence electrons. The van der Waals surface area contributed by atoms with Gasteiger partial charge in [0, 0.05) is 5.56 Å². The van der Waals surface area contributed by atoms with Crippen molar-refractivity contribution in [3.63, 3.8) is 0 Å². The third-order valence-electron chi connectivity index (χ3n) is 8.29. The van der Waals surface area contributed by atoms with E-state index in [1.807, 2.05) is 19.1 Å². The highest BCUT2D eigenvalue weighted by atomic mass is 16.5. The van der Waals surface area contributed by atoms with E-state index in [9.17, 15) is 4.79 Å². The van der Waals surface area contributed by atoms with Crippen LogP contribution < -0.4 is 14.9 Å². The SMILES string of the molecule is CCc1ccc2c(cc1=O)C(C)(C)C(C)(C)C(C)(C)c1cc(C)c(OC)c(OC)c1-2. The lowest BCUT2D eigenvalue weighted by Gasteiger charge is -2.51. The van der Waals surface area contributed by atoms with Gasteiger partial charge in [-0.25, -0.2) is 0 Å². The highest BCUT2D eigenvalue weighted by Crippen LogP contribution is 2.61. The van der Waals surface area contributed by atoms with Crippen molar-refractivity contribution < 1.29 is 9.47 Å². The van der Waals surface area contributed by atoms with E-state index >= 15 is 0 Å². The molecule has 0 bridgehead atoms. The lowest BCUT2D eigenvalue weighted by atomic mass is 9.52. The largest absolute Gasteiger partial charge is 0.493 e. The topological polar surface area (TPSA) is 35.5 Å². The van der Waals surface area contributed by atoms with E-state index in [2.05, 4.69) is 60.6 Å². The molecule has 2 aromatic carbocycles. The van der Waals surface area contributed by atoms with Crippen LogP contribution in [0.4, 0.5) is 0 Å². The molecule has 0 aromatic heterocycles. The minimum Gasteiger partial charge on any atom is -0.493 e. The summed E-state index contributed by atoms with van der Waals surface area (Å²) in [6.07, 6.45) is 0.711. The molecule has 0 saturated carbocycles. The zero-order valence-electron chi connectivity index (χ0n) is 20.2. The van der Waals surface area contributed by atoms with Gasteiger partial charge in [0.15, 0.2) is 16.9 Å². The number of fused-ring (bicyclic) bond motifs is 3. The second-order valence-electron chi connectivity index (χ2n) is 10.1. The molecule has 0 saturated heterocycles. The van der Waals surface area contributed by atoms with Gasteiger partial charge in [-0.05, 0) is 63.5 Å². The molecule has 1 aliphatic rings. The highest BCUT2D eigenvalue weighted by molar-refractivity contribution is 5.83. The Hall–Kier alpha value is -2.29. The molecule has 2 aromatic rings. The molecule has 0 aliphatic heterocycles. The molecule has 3 heteroatoms. The van der Waals surface area contributed by atoms with Crippen molar-refractivity contribution >= 4 is 0 Å². The summed E-state index contributed by atoms with van der Waals surface area (Å²) in [5.41, 5.74) is 5.76. The van der Waals surface area contributed by atoms with Crippen LogP contribution in [0.25, 0.3) is 11.1 Å². The van der Waals surface area contributed by atoms with Crippen LogP contribution in [-0.4, -0.2) is 14.2 Å². The van der Waals surface area contributed by atoms with E-state index in [0.29, 0.717) is 6.42 Å². The summed E-state index contributed by atoms with van der Waals surface area (Å²) in [7, 11) is 3.38. The predicted octanol–water partition coefficient (Wildman–Crippen LogP) is 6.20. The lowest BCUT2D eigenvalue weighted by Crippen LogP contribution is -2.49. The molecule has 0 heterocycles. The molecule has 1 aliphatic carbocycles. The smallest absolute Gasteiger partial charge is 0.182 e. The molecule has 3 rings (SSSR count). The van der Waals surface area contributed by atoms with Crippen LogP contribution >= 0.6 is 0 Å². The Labute approximate surface area is 181 Å². The maximum Gasteiger partial charge on any atom is 0.182 e. The summed E-state index contributed by atoms with van der Waals surface area (Å²) in [6.45, 7) is 17.9. The van der Waals surface area contributed by atoms with Crippen molar-refractivity contribution in [1.29, 1.82) is 0 Å². The third-order valence-corrected chi connectivity index (χ3v) is 8.29. The van der Waals surface area contributed by atoms with Crippen LogP contribution in [0.3, 0.4) is 0 Å². The van der Waals surface area contributed by atoms with Crippen molar-refractivity contribution in [3.8, 4) is 22.6 Å². The Morgan fingerprint density at radius 2 is 1.40 bits per heavy atom. The van der Waals surface area contributed by atoms with Gasteiger partial charge in [-0.15, -0.1) is 0 Å². The fraction of sp³-hybridized carbons (Fsp3) is 0.519. The molecule has 0 amide bonds. The molecule has 0 N–H and O–H groups in total. The van der Waals surface area contributed by atoms with Gasteiger partial charge in [0.25, 0.3) is 0 Å². The van der Waals surface area contributed by atoms with Gasteiger partial charge in [0.1, 0.15) is 0 Å². The summed E-state index contributed by atoms with van der Waals surface area (Å²) in [5, 5.41) is 0. The first-order chi connectivity index (χ1) is 13.9. The number of hydrogen-bond acceptors (Lipinski definition) is 3. The average molecular weight is 409 g/mol. The first-order valence-corrected chi connectivity index (χ1v) is 10.8. The zero-order valence-corrected chi connectivity index (χ0v) is 20.2. The molecule has 30 heavy (non-hydrogen) atoms. The van der Waals surface area contributed by atoms with Gasteiger partial charge in [0.05, 0.1) is 14.2 Å². The van der Waals surface area contributed by atoms with Crippen LogP contribution in [0, 0.1) is 12.3 Å². The summed E-state index contributed by atoms with van der Waals surface area (Å²) in [5.74, 6) is 1.49. The number of benzene rings is 1. The maximum absolute atomic E-state index is 13.1. The second-order valence-corrected chi connectivity index (χ2v) is 10.1. The summed E-state index contributed by atoms with van der Waals surface area (Å²) in [6, 6.07) is 8.21. The first kappa shape index (κ1) is 22.4. The van der Waals surface area contributed by atoms with Crippen molar-refractivity contribution in [3.05, 3.63) is 56.7 Å². The number of aryl methyl sites for hydroxylation is 2. The Kier molecular flexibility index (Phi) is 5.33. The van der Waals surface area contributed by atoms with Crippen LogP contribution in [-0.2, 0) is 17.3 Å². The normalized spacial score (nSPS) is 18.1. The standard InChI is InChI=1S/C27H36O3/c1-11-17-12-13-18-19(15-21(17)28)25(3,4)27(7,8)26(5,6)20-14-16(2)23(29-9)24(30-10)22(18)20/h12-15H,11H2,1-10H3. The summed E-state index contributed by atoms with van der Waals surface area (Å²) >= 11 is 0. The van der Waals surface area contributed by atoms with Crippen molar-refractivity contribution in [2.24, 2.45) is 5.41 Å². The van der Waals surface area contributed by atoms with Gasteiger partial charge in [-0.2, -0.15) is 0 Å². The number of rotatable bonds is 3. The third kappa shape index (κ3) is 2.81. The fourth-order valence-corrected chi connectivity index (χ4v) is 5.12. The van der Waals surface area contributed by atoms with Crippen molar-refractivity contribution in [2.45, 2.75) is 72.6 Å². The van der Waals surface area contributed by atoms with Gasteiger partial charge < -0.3 is 9.47 Å². The highest BCUT2D eigenvalue weighted by Gasteiger charge is 2.53. The molecule has 0 fully saturated rings. The van der Waals surface area contributed by atoms with Gasteiger partial charge in [-0.1, -0.05) is 66.7 Å². The van der Waals surface area contributed by atoms with E-state index < -0.39 is 0 Å². The molecule has 0 unspecified atom stereocenters. The Bertz CT molecular complexity index is 1060. The first-order valence-electron chi connectivity index (χ1n) is 10.8. The number of methoxy groups -OCH3 is 2. The number of hydrogen-bond donors (Lipinski definition) is 0. The second kappa shape index (κ2) is 7.14. The zero-order chi connectivity index (χ0) is 22.6. The monoisotopic (exact) mass is 408 g/mol. The lowest BCUT2D eigenvalue weighted by molar-refractivity contribution is 0.0946. The molecule has 0 spiro atoms. The van der Waals surface area contributed by atoms with E-state index in [4.69, 9.17) is 9.47 Å². The quantitative estimate of drug-likeness (QED) is 0.607. The Morgan fingerprint density at radius 3 is 1.93 bits per heavy atom. The van der Waals surface area contributed by atoms with Gasteiger partial charge in [-0.3, -0.25) is 4.79 Å². The Balaban J connectivity index is 2.68. The van der Waals surface area contributed by atoms with E-state index in [1.54, 1.807) is 14.2 Å². The van der Waals surface area contributed by atoms with Crippen LogP contribution in [0.1, 0.15) is 70.7 Å². The minimum absolute atomic E-state index is 0.0990. The van der Waals surface area contributed by atoms with Gasteiger partial charge in [0.2, 0.25) is 0 Å².